The van der Waals surface area contributed by atoms with E-state index in [-0.39, 0.29) is 10.3 Å². The van der Waals surface area contributed by atoms with Crippen LogP contribution in [0, 0.1) is 19.8 Å². The van der Waals surface area contributed by atoms with Crippen molar-refractivity contribution < 1.29 is 8.42 Å². The van der Waals surface area contributed by atoms with E-state index in [0.717, 1.165) is 10.6 Å². The second-order valence-corrected chi connectivity index (χ2v) is 7.95. The molecule has 1 N–H and O–H groups in total. The Bertz CT molecular complexity index is 642. The van der Waals surface area contributed by atoms with Gasteiger partial charge in [0.05, 0.1) is 5.69 Å². The lowest BCUT2D eigenvalue weighted by molar-refractivity contribution is 0.443. The molecule has 110 valence electrons. The molecule has 2 rings (SSSR count). The summed E-state index contributed by atoms with van der Waals surface area (Å²) in [5.74, 6) is 0.145. The number of rotatable bonds is 6. The van der Waals surface area contributed by atoms with Crippen molar-refractivity contribution in [3.8, 4) is 0 Å². The van der Waals surface area contributed by atoms with Gasteiger partial charge >= 0.3 is 0 Å². The van der Waals surface area contributed by atoms with E-state index < -0.39 is 10.0 Å². The van der Waals surface area contributed by atoms with E-state index in [1.807, 2.05) is 33.0 Å². The van der Waals surface area contributed by atoms with E-state index in [9.17, 15) is 8.42 Å². The molecule has 0 aliphatic carbocycles. The Morgan fingerprint density at radius 3 is 2.75 bits per heavy atom. The average molecular weight is 314 g/mol. The van der Waals surface area contributed by atoms with Gasteiger partial charge in [-0.15, -0.1) is 11.3 Å². The predicted octanol–water partition coefficient (Wildman–Crippen LogP) is 1.57. The molecule has 2 aromatic heterocycles. The second kappa shape index (κ2) is 6.02. The fourth-order valence-electron chi connectivity index (χ4n) is 1.66. The molecular formula is C12H18N4O2S2. The van der Waals surface area contributed by atoms with Crippen LogP contribution in [0.15, 0.2) is 22.8 Å². The number of nitrogens with one attached hydrogen (secondary N) is 1. The Kier molecular flexibility index (Phi) is 4.56. The Morgan fingerprint density at radius 1 is 1.45 bits per heavy atom. The zero-order valence-electron chi connectivity index (χ0n) is 11.7. The largest absolute Gasteiger partial charge is 0.272 e. The van der Waals surface area contributed by atoms with E-state index in [1.165, 1.54) is 11.3 Å². The van der Waals surface area contributed by atoms with Crippen LogP contribution in [0.1, 0.15) is 17.5 Å². The van der Waals surface area contributed by atoms with Crippen LogP contribution in [0.3, 0.4) is 0 Å². The maximum Gasteiger partial charge on any atom is 0.267 e. The third-order valence-electron chi connectivity index (χ3n) is 2.92. The highest BCUT2D eigenvalue weighted by atomic mass is 32.2. The van der Waals surface area contributed by atoms with Crippen molar-refractivity contribution in [2.75, 3.05) is 6.54 Å². The topological polar surface area (TPSA) is 76.9 Å². The van der Waals surface area contributed by atoms with Crippen LogP contribution in [0.5, 0.6) is 0 Å². The van der Waals surface area contributed by atoms with Crippen LogP contribution in [0.2, 0.25) is 0 Å². The first kappa shape index (κ1) is 15.1. The Morgan fingerprint density at radius 2 is 2.20 bits per heavy atom. The van der Waals surface area contributed by atoms with Crippen LogP contribution < -0.4 is 4.72 Å². The molecule has 6 nitrogen and oxygen atoms in total. The number of sulfonamides is 1. The van der Waals surface area contributed by atoms with Gasteiger partial charge < -0.3 is 0 Å². The number of aromatic nitrogens is 3. The Hall–Kier alpha value is -1.25. The lowest BCUT2D eigenvalue weighted by atomic mass is 10.2. The van der Waals surface area contributed by atoms with Crippen molar-refractivity contribution in [1.82, 2.24) is 19.5 Å². The molecule has 0 saturated carbocycles. The summed E-state index contributed by atoms with van der Waals surface area (Å²) in [6, 6.07) is 1.85. The molecule has 0 bridgehead atoms. The summed E-state index contributed by atoms with van der Waals surface area (Å²) in [5, 5.41) is 4.10. The van der Waals surface area contributed by atoms with Crippen LogP contribution in [-0.4, -0.2) is 29.7 Å². The van der Waals surface area contributed by atoms with E-state index in [0.29, 0.717) is 13.1 Å². The normalized spacial score (nSPS) is 13.6. The van der Waals surface area contributed by atoms with Crippen molar-refractivity contribution in [2.24, 2.45) is 5.92 Å². The van der Waals surface area contributed by atoms with Crippen LogP contribution in [0.4, 0.5) is 0 Å². The van der Waals surface area contributed by atoms with E-state index in [1.54, 1.807) is 10.9 Å². The lowest BCUT2D eigenvalue weighted by Crippen LogP contribution is -2.30. The minimum Gasteiger partial charge on any atom is -0.272 e. The molecule has 0 amide bonds. The van der Waals surface area contributed by atoms with Crippen molar-refractivity contribution in [3.63, 3.8) is 0 Å². The average Bonchev–Trinajstić information content (AvgIpc) is 2.99. The van der Waals surface area contributed by atoms with Gasteiger partial charge in [0.2, 0.25) is 4.34 Å². The monoisotopic (exact) mass is 314 g/mol. The molecule has 8 heteroatoms. The SMILES string of the molecule is Cc1nc(S(=O)(=O)NC[C@@H](C)Cn2cccn2)sc1C. The number of thiazole rings is 1. The van der Waals surface area contributed by atoms with E-state index >= 15 is 0 Å². The van der Waals surface area contributed by atoms with Crippen LogP contribution in [0.25, 0.3) is 0 Å². The summed E-state index contributed by atoms with van der Waals surface area (Å²) >= 11 is 1.20. The molecule has 0 radical (unpaired) electrons. The number of aryl methyl sites for hydroxylation is 2. The minimum atomic E-state index is -3.51. The summed E-state index contributed by atoms with van der Waals surface area (Å²) in [6.45, 7) is 6.69. The van der Waals surface area contributed by atoms with Crippen molar-refractivity contribution in [3.05, 3.63) is 29.0 Å². The predicted molar refractivity (Wildman–Crippen MR) is 78.2 cm³/mol. The standard InChI is InChI=1S/C12H18N4O2S2/c1-9(8-16-6-4-5-13-16)7-14-20(17,18)12-15-10(2)11(3)19-12/h4-6,9,14H,7-8H2,1-3H3/t9-/m1/s1. The van der Waals surface area contributed by atoms with Gasteiger partial charge in [0, 0.05) is 30.4 Å². The van der Waals surface area contributed by atoms with Crippen molar-refractivity contribution in [1.29, 1.82) is 0 Å². The first-order valence-electron chi connectivity index (χ1n) is 6.29. The van der Waals surface area contributed by atoms with Crippen LogP contribution >= 0.6 is 11.3 Å². The minimum absolute atomic E-state index is 0.138. The summed E-state index contributed by atoms with van der Waals surface area (Å²) in [7, 11) is -3.51. The zero-order chi connectivity index (χ0) is 14.8. The highest BCUT2D eigenvalue weighted by molar-refractivity contribution is 7.91. The lowest BCUT2D eigenvalue weighted by Gasteiger charge is -2.12. The fraction of sp³-hybridized carbons (Fsp3) is 0.500. The summed E-state index contributed by atoms with van der Waals surface area (Å²) in [4.78, 5) is 5.01. The first-order valence-corrected chi connectivity index (χ1v) is 8.59. The fourth-order valence-corrected chi connectivity index (χ4v) is 4.18. The van der Waals surface area contributed by atoms with E-state index in [4.69, 9.17) is 0 Å². The molecule has 0 spiro atoms. The molecule has 2 aromatic rings. The number of nitrogens with zero attached hydrogens (tertiary/aromatic N) is 3. The zero-order valence-corrected chi connectivity index (χ0v) is 13.3. The number of hydrogen-bond donors (Lipinski definition) is 1. The molecule has 0 saturated heterocycles. The van der Waals surface area contributed by atoms with Crippen LogP contribution in [-0.2, 0) is 16.6 Å². The Labute approximate surface area is 122 Å². The maximum atomic E-state index is 12.1. The first-order chi connectivity index (χ1) is 9.38. The van der Waals surface area contributed by atoms with Crippen molar-refractivity contribution in [2.45, 2.75) is 31.7 Å². The van der Waals surface area contributed by atoms with Crippen molar-refractivity contribution >= 4 is 21.4 Å². The smallest absolute Gasteiger partial charge is 0.267 e. The third kappa shape index (κ3) is 3.65. The number of hydrogen-bond acceptors (Lipinski definition) is 5. The highest BCUT2D eigenvalue weighted by Crippen LogP contribution is 2.20. The molecule has 0 aliphatic heterocycles. The molecule has 0 aliphatic rings. The quantitative estimate of drug-likeness (QED) is 0.878. The van der Waals surface area contributed by atoms with Gasteiger partial charge in [0.15, 0.2) is 0 Å². The molecule has 1 atom stereocenters. The molecule has 0 unspecified atom stereocenters. The van der Waals surface area contributed by atoms with Gasteiger partial charge in [-0.3, -0.25) is 4.68 Å². The van der Waals surface area contributed by atoms with Gasteiger partial charge in [0.25, 0.3) is 10.0 Å². The third-order valence-corrected chi connectivity index (χ3v) is 5.79. The van der Waals surface area contributed by atoms with Gasteiger partial charge in [-0.1, -0.05) is 6.92 Å². The van der Waals surface area contributed by atoms with E-state index in [2.05, 4.69) is 14.8 Å². The summed E-state index contributed by atoms with van der Waals surface area (Å²) < 4.78 is 28.8. The van der Waals surface area contributed by atoms with Gasteiger partial charge in [0.1, 0.15) is 0 Å². The molecule has 0 fully saturated rings. The highest BCUT2D eigenvalue weighted by Gasteiger charge is 2.20. The second-order valence-electron chi connectivity index (χ2n) is 4.81. The molecule has 2 heterocycles. The molecule has 0 aromatic carbocycles. The summed E-state index contributed by atoms with van der Waals surface area (Å²) in [6.07, 6.45) is 3.57. The maximum absolute atomic E-state index is 12.1. The Balaban J connectivity index is 1.95. The van der Waals surface area contributed by atoms with Gasteiger partial charge in [-0.25, -0.2) is 18.1 Å². The van der Waals surface area contributed by atoms with Gasteiger partial charge in [-0.05, 0) is 25.8 Å². The summed E-state index contributed by atoms with van der Waals surface area (Å²) in [5.41, 5.74) is 0.764. The van der Waals surface area contributed by atoms with Gasteiger partial charge in [-0.2, -0.15) is 5.10 Å². The molecule has 20 heavy (non-hydrogen) atoms. The molecular weight excluding hydrogens is 296 g/mol.